The van der Waals surface area contributed by atoms with Crippen molar-refractivity contribution < 1.29 is 4.79 Å². The highest BCUT2D eigenvalue weighted by molar-refractivity contribution is 6.15. The lowest BCUT2D eigenvalue weighted by atomic mass is 10.1. The Labute approximate surface area is 343 Å². The van der Waals surface area contributed by atoms with Crippen molar-refractivity contribution in [3.8, 4) is 22.7 Å². The molecule has 280 valence electrons. The predicted molar refractivity (Wildman–Crippen MR) is 249 cm³/mol. The van der Waals surface area contributed by atoms with Gasteiger partial charge >= 0.3 is 0 Å². The van der Waals surface area contributed by atoms with Crippen molar-refractivity contribution in [3.05, 3.63) is 206 Å². The molecular weight excluding hydrogens is 733 g/mol. The molecule has 0 aliphatic carbocycles. The maximum Gasteiger partial charge on any atom is 0.150 e. The summed E-state index contributed by atoms with van der Waals surface area (Å²) in [6.45, 7) is 0. The molecule has 0 amide bonds. The summed E-state index contributed by atoms with van der Waals surface area (Å²) < 4.78 is 9.52. The minimum atomic E-state index is 0.666. The SMILES string of the molecule is O=Cc1ccc(-n2c3ccccc3c3cc(-n4c5ccccc5c5cc(-n6c7ccccc7c7cc(-n8c9ccccc9c9ccccc98)ccc76)ccc54)ccc32)cc1. The van der Waals surface area contributed by atoms with Gasteiger partial charge in [0.15, 0.2) is 0 Å². The fourth-order valence-electron chi connectivity index (χ4n) is 10.0. The second kappa shape index (κ2) is 12.4. The van der Waals surface area contributed by atoms with E-state index in [4.69, 9.17) is 0 Å². The number of benzene rings is 9. The van der Waals surface area contributed by atoms with E-state index in [0.717, 1.165) is 51.1 Å². The zero-order chi connectivity index (χ0) is 39.5. The first-order valence-corrected chi connectivity index (χ1v) is 20.4. The van der Waals surface area contributed by atoms with Crippen molar-refractivity contribution >= 4 is 93.5 Å². The number of nitrogens with zero attached hydrogens (tertiary/aromatic N) is 4. The molecule has 4 aromatic heterocycles. The second-order valence-corrected chi connectivity index (χ2v) is 15.7. The monoisotopic (exact) mass is 766 g/mol. The largest absolute Gasteiger partial charge is 0.309 e. The van der Waals surface area contributed by atoms with Gasteiger partial charge in [0.2, 0.25) is 0 Å². The highest BCUT2D eigenvalue weighted by Crippen LogP contribution is 2.40. The van der Waals surface area contributed by atoms with Crippen LogP contribution in [-0.4, -0.2) is 24.6 Å². The van der Waals surface area contributed by atoms with Gasteiger partial charge in [-0.3, -0.25) is 4.79 Å². The Morgan fingerprint density at radius 2 is 0.500 bits per heavy atom. The Kier molecular flexibility index (Phi) is 6.81. The molecule has 0 atom stereocenters. The Hall–Kier alpha value is -8.15. The first-order valence-electron chi connectivity index (χ1n) is 20.4. The molecule has 5 nitrogen and oxygen atoms in total. The number of fused-ring (bicyclic) bond motifs is 12. The first kappa shape index (κ1) is 32.9. The summed E-state index contributed by atoms with van der Waals surface area (Å²) in [6, 6.07) is 72.0. The van der Waals surface area contributed by atoms with E-state index in [1.165, 1.54) is 65.2 Å². The average Bonchev–Trinajstić information content (AvgIpc) is 4.03. The van der Waals surface area contributed by atoms with Crippen molar-refractivity contribution in [1.82, 2.24) is 18.3 Å². The van der Waals surface area contributed by atoms with Gasteiger partial charge in [0, 0.05) is 71.4 Å². The van der Waals surface area contributed by atoms with Gasteiger partial charge in [-0.15, -0.1) is 0 Å². The van der Waals surface area contributed by atoms with Gasteiger partial charge in [-0.05, 0) is 109 Å². The molecule has 0 radical (unpaired) electrons. The Balaban J connectivity index is 1.00. The number of hydrogen-bond acceptors (Lipinski definition) is 1. The van der Waals surface area contributed by atoms with Gasteiger partial charge < -0.3 is 18.3 Å². The van der Waals surface area contributed by atoms with Crippen LogP contribution in [0.2, 0.25) is 0 Å². The van der Waals surface area contributed by atoms with E-state index in [0.29, 0.717) is 5.56 Å². The van der Waals surface area contributed by atoms with E-state index >= 15 is 0 Å². The fraction of sp³-hybridized carbons (Fsp3) is 0. The summed E-state index contributed by atoms with van der Waals surface area (Å²) in [5.74, 6) is 0. The molecule has 0 fully saturated rings. The number of carbonyl (C=O) groups is 1. The lowest BCUT2D eigenvalue weighted by Gasteiger charge is -2.12. The van der Waals surface area contributed by atoms with Crippen LogP contribution in [0.5, 0.6) is 0 Å². The molecule has 0 unspecified atom stereocenters. The maximum atomic E-state index is 11.5. The summed E-state index contributed by atoms with van der Waals surface area (Å²) in [7, 11) is 0. The zero-order valence-corrected chi connectivity index (χ0v) is 32.3. The molecule has 0 bridgehead atoms. The fourth-order valence-corrected chi connectivity index (χ4v) is 10.0. The normalized spacial score (nSPS) is 12.1. The third kappa shape index (κ3) is 4.54. The number of rotatable bonds is 5. The van der Waals surface area contributed by atoms with Gasteiger partial charge in [0.1, 0.15) is 6.29 Å². The van der Waals surface area contributed by atoms with Crippen LogP contribution in [0.25, 0.3) is 110 Å². The molecule has 4 heterocycles. The number of aromatic nitrogens is 4. The molecule has 0 saturated heterocycles. The Bertz CT molecular complexity index is 3860. The lowest BCUT2D eigenvalue weighted by molar-refractivity contribution is 0.112. The maximum absolute atomic E-state index is 11.5. The summed E-state index contributed by atoms with van der Waals surface area (Å²) >= 11 is 0. The number of hydrogen-bond donors (Lipinski definition) is 0. The van der Waals surface area contributed by atoms with Crippen LogP contribution in [0.3, 0.4) is 0 Å². The smallest absolute Gasteiger partial charge is 0.150 e. The minimum absolute atomic E-state index is 0.666. The van der Waals surface area contributed by atoms with Crippen LogP contribution in [0.1, 0.15) is 10.4 Å². The highest BCUT2D eigenvalue weighted by Gasteiger charge is 2.20. The van der Waals surface area contributed by atoms with Crippen molar-refractivity contribution in [2.24, 2.45) is 0 Å². The third-order valence-electron chi connectivity index (χ3n) is 12.6. The van der Waals surface area contributed by atoms with E-state index in [9.17, 15) is 4.79 Å². The van der Waals surface area contributed by atoms with Gasteiger partial charge in [-0.1, -0.05) is 91.0 Å². The number of para-hydroxylation sites is 5. The van der Waals surface area contributed by atoms with Crippen LogP contribution in [-0.2, 0) is 0 Å². The van der Waals surface area contributed by atoms with E-state index in [1.807, 2.05) is 24.3 Å². The van der Waals surface area contributed by atoms with E-state index in [1.54, 1.807) is 0 Å². The molecule has 0 N–H and O–H groups in total. The van der Waals surface area contributed by atoms with Crippen LogP contribution >= 0.6 is 0 Å². The first-order chi connectivity index (χ1) is 29.7. The number of carbonyl (C=O) groups excluding carboxylic acids is 1. The highest BCUT2D eigenvalue weighted by atomic mass is 16.1. The van der Waals surface area contributed by atoms with Gasteiger partial charge in [-0.2, -0.15) is 0 Å². The second-order valence-electron chi connectivity index (χ2n) is 15.7. The van der Waals surface area contributed by atoms with E-state index in [-0.39, 0.29) is 0 Å². The van der Waals surface area contributed by atoms with E-state index in [2.05, 4.69) is 194 Å². The summed E-state index contributed by atoms with van der Waals surface area (Å²) in [5, 5.41) is 9.74. The van der Waals surface area contributed by atoms with Gasteiger partial charge in [-0.25, -0.2) is 0 Å². The van der Waals surface area contributed by atoms with Crippen LogP contribution < -0.4 is 0 Å². The standard InChI is InChI=1S/C55H34N4O/c60-34-35-21-23-36(24-22-35)56-50-18-8-3-13-42(50)45-32-38(25-28-53(45)56)58-52-20-10-5-15-44(52)47-33-39(27-30-55(47)58)59-51-19-9-4-14-43(51)46-31-37(26-29-54(46)59)57-48-16-6-1-11-40(48)41-12-2-7-17-49(41)57/h1-34H. The van der Waals surface area contributed by atoms with Crippen LogP contribution in [0, 0.1) is 0 Å². The molecule has 0 spiro atoms. The number of aldehydes is 1. The van der Waals surface area contributed by atoms with Crippen molar-refractivity contribution in [3.63, 3.8) is 0 Å². The van der Waals surface area contributed by atoms with Crippen molar-refractivity contribution in [1.29, 1.82) is 0 Å². The Morgan fingerprint density at radius 1 is 0.250 bits per heavy atom. The molecule has 60 heavy (non-hydrogen) atoms. The molecule has 0 aliphatic rings. The Morgan fingerprint density at radius 3 is 0.817 bits per heavy atom. The van der Waals surface area contributed by atoms with Crippen LogP contribution in [0.15, 0.2) is 200 Å². The average molecular weight is 767 g/mol. The predicted octanol–water partition coefficient (Wildman–Crippen LogP) is 13.9. The van der Waals surface area contributed by atoms with Crippen molar-refractivity contribution in [2.45, 2.75) is 0 Å². The summed E-state index contributed by atoms with van der Waals surface area (Å²) in [5.41, 5.74) is 14.4. The quantitative estimate of drug-likeness (QED) is 0.161. The minimum Gasteiger partial charge on any atom is -0.309 e. The zero-order valence-electron chi connectivity index (χ0n) is 32.3. The molecule has 0 saturated carbocycles. The van der Waals surface area contributed by atoms with Crippen LogP contribution in [0.4, 0.5) is 0 Å². The molecule has 5 heteroatoms. The summed E-state index contributed by atoms with van der Waals surface area (Å²) in [4.78, 5) is 11.5. The molecule has 0 aliphatic heterocycles. The molecular formula is C55H34N4O. The van der Waals surface area contributed by atoms with E-state index < -0.39 is 0 Å². The van der Waals surface area contributed by atoms with Gasteiger partial charge in [0.25, 0.3) is 0 Å². The molecule has 9 aromatic carbocycles. The third-order valence-corrected chi connectivity index (χ3v) is 12.6. The van der Waals surface area contributed by atoms with Gasteiger partial charge in [0.05, 0.1) is 44.1 Å². The molecule has 13 aromatic rings. The topological polar surface area (TPSA) is 36.8 Å². The molecule has 13 rings (SSSR count). The lowest BCUT2D eigenvalue weighted by Crippen LogP contribution is -1.97. The van der Waals surface area contributed by atoms with Crippen molar-refractivity contribution in [2.75, 3.05) is 0 Å². The summed E-state index contributed by atoms with van der Waals surface area (Å²) in [6.07, 6.45) is 0.892.